The van der Waals surface area contributed by atoms with Crippen LogP contribution in [-0.4, -0.2) is 51.2 Å². The van der Waals surface area contributed by atoms with Crippen molar-refractivity contribution >= 4 is 29.0 Å². The van der Waals surface area contributed by atoms with Gasteiger partial charge in [-0.3, -0.25) is 0 Å². The molecule has 2 amide bonds. The number of hydrogen-bond acceptors (Lipinski definition) is 3. The molecule has 1 N–H and O–H groups in total. The van der Waals surface area contributed by atoms with Crippen LogP contribution in [0.5, 0.6) is 0 Å². The Bertz CT molecular complexity index is 722. The fourth-order valence-corrected chi connectivity index (χ4v) is 3.15. The summed E-state index contributed by atoms with van der Waals surface area (Å²) in [5.74, 6) is 0. The first-order valence-corrected chi connectivity index (χ1v) is 9.20. The van der Waals surface area contributed by atoms with E-state index in [-0.39, 0.29) is 6.03 Å². The van der Waals surface area contributed by atoms with Gasteiger partial charge in [-0.1, -0.05) is 23.7 Å². The quantitative estimate of drug-likeness (QED) is 0.893. The molecule has 0 saturated carbocycles. The molecule has 1 heterocycles. The van der Waals surface area contributed by atoms with Gasteiger partial charge in [0.2, 0.25) is 0 Å². The maximum Gasteiger partial charge on any atom is 0.317 e. The van der Waals surface area contributed by atoms with E-state index in [1.165, 1.54) is 11.4 Å². The molecule has 0 unspecified atom stereocenters. The number of piperazine rings is 1. The molecule has 2 aromatic rings. The van der Waals surface area contributed by atoms with Crippen LogP contribution in [-0.2, 0) is 6.54 Å². The maximum absolute atomic E-state index is 12.4. The predicted molar refractivity (Wildman–Crippen MR) is 108 cm³/mol. The van der Waals surface area contributed by atoms with E-state index < -0.39 is 0 Å². The molecule has 6 heteroatoms. The molecule has 1 aliphatic heterocycles. The van der Waals surface area contributed by atoms with Crippen molar-refractivity contribution in [3.8, 4) is 0 Å². The molecule has 3 rings (SSSR count). The summed E-state index contributed by atoms with van der Waals surface area (Å²) in [6.45, 7) is 3.65. The smallest absolute Gasteiger partial charge is 0.317 e. The average molecular weight is 373 g/mol. The second-order valence-electron chi connectivity index (χ2n) is 6.67. The highest BCUT2D eigenvalue weighted by molar-refractivity contribution is 6.30. The summed E-state index contributed by atoms with van der Waals surface area (Å²) < 4.78 is 0. The lowest BCUT2D eigenvalue weighted by molar-refractivity contribution is 0.194. The van der Waals surface area contributed by atoms with Gasteiger partial charge >= 0.3 is 6.03 Å². The summed E-state index contributed by atoms with van der Waals surface area (Å²) in [6, 6.07) is 16.1. The third-order valence-corrected chi connectivity index (χ3v) is 4.91. The Morgan fingerprint density at radius 2 is 1.62 bits per heavy atom. The highest BCUT2D eigenvalue weighted by atomic mass is 35.5. The van der Waals surface area contributed by atoms with Crippen molar-refractivity contribution in [2.24, 2.45) is 0 Å². The van der Waals surface area contributed by atoms with Crippen molar-refractivity contribution in [3.63, 3.8) is 0 Å². The first kappa shape index (κ1) is 18.4. The number of nitrogens with zero attached hydrogens (tertiary/aromatic N) is 3. The summed E-state index contributed by atoms with van der Waals surface area (Å²) in [5, 5.41) is 3.69. The first-order chi connectivity index (χ1) is 12.5. The zero-order chi connectivity index (χ0) is 18.5. The highest BCUT2D eigenvalue weighted by Gasteiger charge is 2.21. The summed E-state index contributed by atoms with van der Waals surface area (Å²) >= 11 is 5.88. The third kappa shape index (κ3) is 4.61. The third-order valence-electron chi connectivity index (χ3n) is 4.66. The van der Waals surface area contributed by atoms with Gasteiger partial charge in [-0.05, 0) is 42.0 Å². The van der Waals surface area contributed by atoms with Crippen LogP contribution in [0.25, 0.3) is 0 Å². The van der Waals surface area contributed by atoms with Crippen LogP contribution in [0.4, 0.5) is 16.2 Å². The molecule has 0 atom stereocenters. The normalized spacial score (nSPS) is 14.3. The molecule has 1 saturated heterocycles. The minimum atomic E-state index is -0.0115. The van der Waals surface area contributed by atoms with Crippen LogP contribution in [0.1, 0.15) is 5.56 Å². The van der Waals surface area contributed by atoms with E-state index in [1.54, 1.807) is 0 Å². The molecule has 5 nitrogen and oxygen atoms in total. The molecule has 26 heavy (non-hydrogen) atoms. The molecule has 138 valence electrons. The number of amides is 2. The van der Waals surface area contributed by atoms with Gasteiger partial charge in [0.05, 0.1) is 0 Å². The molecular formula is C20H25ClN4O. The molecule has 0 radical (unpaired) electrons. The highest BCUT2D eigenvalue weighted by Crippen LogP contribution is 2.20. The number of carbonyl (C=O) groups is 1. The predicted octanol–water partition coefficient (Wildman–Crippen LogP) is 3.44. The standard InChI is InChI=1S/C20H25ClN4O/c1-23(2)18-7-9-19(10-8-18)24-11-13-25(14-12-24)20(26)22-15-16-3-5-17(21)6-4-16/h3-10H,11-15H2,1-2H3,(H,22,26). The van der Waals surface area contributed by atoms with Crippen molar-refractivity contribution in [2.75, 3.05) is 50.1 Å². The number of halogens is 1. The Balaban J connectivity index is 1.48. The Kier molecular flexibility index (Phi) is 5.89. The van der Waals surface area contributed by atoms with Crippen molar-refractivity contribution in [3.05, 3.63) is 59.1 Å². The molecule has 1 aliphatic rings. The van der Waals surface area contributed by atoms with Gasteiger partial charge in [0.15, 0.2) is 0 Å². The van der Waals surface area contributed by atoms with Gasteiger partial charge in [0, 0.05) is 63.2 Å². The molecular weight excluding hydrogens is 348 g/mol. The maximum atomic E-state index is 12.4. The SMILES string of the molecule is CN(C)c1ccc(N2CCN(C(=O)NCc3ccc(Cl)cc3)CC2)cc1. The van der Waals surface area contributed by atoms with Crippen LogP contribution in [0, 0.1) is 0 Å². The molecule has 0 aliphatic carbocycles. The van der Waals surface area contributed by atoms with Crippen molar-refractivity contribution in [1.29, 1.82) is 0 Å². The summed E-state index contributed by atoms with van der Waals surface area (Å²) in [5.41, 5.74) is 3.44. The summed E-state index contributed by atoms with van der Waals surface area (Å²) in [4.78, 5) is 18.7. The Morgan fingerprint density at radius 3 is 2.19 bits per heavy atom. The van der Waals surface area contributed by atoms with Gasteiger partial charge in [-0.25, -0.2) is 4.79 Å². The van der Waals surface area contributed by atoms with Gasteiger partial charge < -0.3 is 20.0 Å². The largest absolute Gasteiger partial charge is 0.378 e. The Labute approximate surface area is 160 Å². The number of carbonyl (C=O) groups excluding carboxylic acids is 1. The number of anilines is 2. The zero-order valence-corrected chi connectivity index (χ0v) is 16.0. The second-order valence-corrected chi connectivity index (χ2v) is 7.11. The minimum absolute atomic E-state index is 0.0115. The van der Waals surface area contributed by atoms with Crippen LogP contribution in [0.3, 0.4) is 0 Å². The van der Waals surface area contributed by atoms with Gasteiger partial charge in [0.1, 0.15) is 0 Å². The fourth-order valence-electron chi connectivity index (χ4n) is 3.02. The van der Waals surface area contributed by atoms with Crippen LogP contribution >= 0.6 is 11.6 Å². The van der Waals surface area contributed by atoms with E-state index in [2.05, 4.69) is 39.4 Å². The van der Waals surface area contributed by atoms with E-state index in [0.29, 0.717) is 11.6 Å². The molecule has 0 bridgehead atoms. The number of rotatable bonds is 4. The van der Waals surface area contributed by atoms with E-state index in [4.69, 9.17) is 11.6 Å². The molecule has 0 spiro atoms. The number of nitrogens with one attached hydrogen (secondary N) is 1. The van der Waals surface area contributed by atoms with E-state index in [0.717, 1.165) is 31.7 Å². The lowest BCUT2D eigenvalue weighted by Crippen LogP contribution is -2.51. The van der Waals surface area contributed by atoms with Crippen LogP contribution in [0.2, 0.25) is 5.02 Å². The first-order valence-electron chi connectivity index (χ1n) is 8.82. The lowest BCUT2D eigenvalue weighted by Gasteiger charge is -2.36. The van der Waals surface area contributed by atoms with Gasteiger partial charge in [-0.2, -0.15) is 0 Å². The van der Waals surface area contributed by atoms with Crippen molar-refractivity contribution in [1.82, 2.24) is 10.2 Å². The number of urea groups is 1. The monoisotopic (exact) mass is 372 g/mol. The Morgan fingerprint density at radius 1 is 1.00 bits per heavy atom. The lowest BCUT2D eigenvalue weighted by atomic mass is 10.2. The second kappa shape index (κ2) is 8.32. The van der Waals surface area contributed by atoms with E-state index in [9.17, 15) is 4.79 Å². The summed E-state index contributed by atoms with van der Waals surface area (Å²) in [6.07, 6.45) is 0. The Hall–Kier alpha value is -2.40. The van der Waals surface area contributed by atoms with Crippen molar-refractivity contribution < 1.29 is 4.79 Å². The van der Waals surface area contributed by atoms with Crippen LogP contribution in [0.15, 0.2) is 48.5 Å². The molecule has 1 fully saturated rings. The van der Waals surface area contributed by atoms with Crippen molar-refractivity contribution in [2.45, 2.75) is 6.54 Å². The van der Waals surface area contributed by atoms with Gasteiger partial charge in [-0.15, -0.1) is 0 Å². The van der Waals surface area contributed by atoms with E-state index in [1.807, 2.05) is 43.3 Å². The number of benzene rings is 2. The van der Waals surface area contributed by atoms with E-state index >= 15 is 0 Å². The minimum Gasteiger partial charge on any atom is -0.378 e. The fraction of sp³-hybridized carbons (Fsp3) is 0.350. The number of hydrogen-bond donors (Lipinski definition) is 1. The van der Waals surface area contributed by atoms with Crippen LogP contribution < -0.4 is 15.1 Å². The topological polar surface area (TPSA) is 38.8 Å². The molecule has 2 aromatic carbocycles. The molecule has 0 aromatic heterocycles. The van der Waals surface area contributed by atoms with Gasteiger partial charge in [0.25, 0.3) is 0 Å². The zero-order valence-electron chi connectivity index (χ0n) is 15.3. The summed E-state index contributed by atoms with van der Waals surface area (Å²) in [7, 11) is 4.08. The average Bonchev–Trinajstić information content (AvgIpc) is 2.67.